The third-order valence-corrected chi connectivity index (χ3v) is 2.50. The number of nitrogens with zero attached hydrogens (tertiary/aromatic N) is 1. The summed E-state index contributed by atoms with van der Waals surface area (Å²) in [6.07, 6.45) is 0.585. The standard InChI is InChI=1S/C7H6I2N2O/c8-5-1-6(9)3-7(2-5)11(10)4-12/h1-4H,10H2. The maximum atomic E-state index is 10.3. The summed E-state index contributed by atoms with van der Waals surface area (Å²) in [5.74, 6) is 5.39. The molecule has 0 saturated carbocycles. The van der Waals surface area contributed by atoms with E-state index in [1.54, 1.807) is 0 Å². The van der Waals surface area contributed by atoms with Crippen molar-refractivity contribution in [3.8, 4) is 0 Å². The number of hydrogen-bond donors (Lipinski definition) is 1. The first kappa shape index (κ1) is 10.2. The SMILES string of the molecule is NN(C=O)c1cc(I)cc(I)c1. The lowest BCUT2D eigenvalue weighted by Gasteiger charge is -2.10. The van der Waals surface area contributed by atoms with Crippen LogP contribution < -0.4 is 10.9 Å². The van der Waals surface area contributed by atoms with Crippen LogP contribution >= 0.6 is 45.2 Å². The molecule has 0 heterocycles. The van der Waals surface area contributed by atoms with Gasteiger partial charge in [0.05, 0.1) is 5.69 Å². The van der Waals surface area contributed by atoms with Crippen LogP contribution in [0, 0.1) is 7.14 Å². The lowest BCUT2D eigenvalue weighted by molar-refractivity contribution is -0.107. The number of halogens is 2. The van der Waals surface area contributed by atoms with Gasteiger partial charge in [-0.15, -0.1) is 0 Å². The third-order valence-electron chi connectivity index (χ3n) is 1.26. The summed E-state index contributed by atoms with van der Waals surface area (Å²) < 4.78 is 2.12. The number of hydrazine groups is 1. The molecule has 0 radical (unpaired) electrons. The number of benzene rings is 1. The van der Waals surface area contributed by atoms with Crippen LogP contribution in [0.15, 0.2) is 18.2 Å². The van der Waals surface area contributed by atoms with Gasteiger partial charge in [-0.3, -0.25) is 9.80 Å². The van der Waals surface area contributed by atoms with E-state index < -0.39 is 0 Å². The Kier molecular flexibility index (Phi) is 3.72. The maximum absolute atomic E-state index is 10.3. The lowest BCUT2D eigenvalue weighted by atomic mass is 10.3. The topological polar surface area (TPSA) is 46.3 Å². The smallest absolute Gasteiger partial charge is 0.228 e. The fraction of sp³-hybridized carbons (Fsp3) is 0. The Morgan fingerprint density at radius 2 is 1.75 bits per heavy atom. The Morgan fingerprint density at radius 1 is 1.25 bits per heavy atom. The van der Waals surface area contributed by atoms with Crippen molar-refractivity contribution in [1.29, 1.82) is 0 Å². The molecule has 3 nitrogen and oxygen atoms in total. The molecule has 0 aliphatic carbocycles. The highest BCUT2D eigenvalue weighted by atomic mass is 127. The zero-order valence-corrected chi connectivity index (χ0v) is 10.3. The molecular weight excluding hydrogens is 382 g/mol. The molecule has 12 heavy (non-hydrogen) atoms. The largest absolute Gasteiger partial charge is 0.277 e. The van der Waals surface area contributed by atoms with Gasteiger partial charge in [0, 0.05) is 7.14 Å². The molecule has 0 saturated heterocycles. The van der Waals surface area contributed by atoms with Crippen molar-refractivity contribution in [1.82, 2.24) is 0 Å². The molecule has 1 rings (SSSR count). The summed E-state index contributed by atoms with van der Waals surface area (Å²) >= 11 is 4.36. The fourth-order valence-electron chi connectivity index (χ4n) is 0.749. The summed E-state index contributed by atoms with van der Waals surface area (Å²) in [7, 11) is 0. The van der Waals surface area contributed by atoms with Crippen LogP contribution in [-0.4, -0.2) is 6.41 Å². The van der Waals surface area contributed by atoms with Crippen molar-refractivity contribution in [2.75, 3.05) is 5.01 Å². The molecule has 0 unspecified atom stereocenters. The van der Waals surface area contributed by atoms with Crippen molar-refractivity contribution in [3.63, 3.8) is 0 Å². The van der Waals surface area contributed by atoms with E-state index in [1.807, 2.05) is 18.2 Å². The van der Waals surface area contributed by atoms with Gasteiger partial charge in [0.15, 0.2) is 0 Å². The second-order valence-corrected chi connectivity index (χ2v) is 4.63. The first-order chi connectivity index (χ1) is 5.63. The van der Waals surface area contributed by atoms with Crippen molar-refractivity contribution in [3.05, 3.63) is 25.3 Å². The summed E-state index contributed by atoms with van der Waals surface area (Å²) in [4.78, 5) is 10.3. The molecular formula is C7H6I2N2O. The van der Waals surface area contributed by atoms with Gasteiger partial charge in [-0.05, 0) is 63.4 Å². The minimum atomic E-state index is 0.585. The third kappa shape index (κ3) is 2.56. The van der Waals surface area contributed by atoms with E-state index in [-0.39, 0.29) is 0 Å². The molecule has 1 amide bonds. The second-order valence-electron chi connectivity index (χ2n) is 2.14. The minimum Gasteiger partial charge on any atom is -0.277 e. The summed E-state index contributed by atoms with van der Waals surface area (Å²) in [6, 6.07) is 5.69. The van der Waals surface area contributed by atoms with Crippen molar-refractivity contribution in [2.45, 2.75) is 0 Å². The van der Waals surface area contributed by atoms with E-state index in [2.05, 4.69) is 45.2 Å². The van der Waals surface area contributed by atoms with Crippen LogP contribution in [0.25, 0.3) is 0 Å². The molecule has 0 bridgehead atoms. The molecule has 0 aromatic heterocycles. The van der Waals surface area contributed by atoms with E-state index in [0.29, 0.717) is 12.1 Å². The Bertz CT molecular complexity index is 283. The lowest BCUT2D eigenvalue weighted by Crippen LogP contribution is -2.28. The van der Waals surface area contributed by atoms with E-state index in [0.717, 1.165) is 12.1 Å². The Morgan fingerprint density at radius 3 is 2.17 bits per heavy atom. The summed E-state index contributed by atoms with van der Waals surface area (Å²) in [5.41, 5.74) is 0.710. The van der Waals surface area contributed by atoms with E-state index >= 15 is 0 Å². The summed E-state index contributed by atoms with van der Waals surface area (Å²) in [6.45, 7) is 0. The number of nitrogens with two attached hydrogens (primary N) is 1. The number of hydrogen-bond acceptors (Lipinski definition) is 2. The van der Waals surface area contributed by atoms with E-state index in [1.165, 1.54) is 0 Å². The number of carbonyl (C=O) groups excluding carboxylic acids is 1. The zero-order chi connectivity index (χ0) is 9.14. The number of rotatable bonds is 2. The first-order valence-corrected chi connectivity index (χ1v) is 5.24. The average molecular weight is 388 g/mol. The predicted octanol–water partition coefficient (Wildman–Crippen LogP) is 1.73. The average Bonchev–Trinajstić information content (AvgIpc) is 2.01. The molecule has 0 atom stereocenters. The van der Waals surface area contributed by atoms with Crippen molar-refractivity contribution < 1.29 is 4.79 Å². The van der Waals surface area contributed by atoms with Gasteiger partial charge >= 0.3 is 0 Å². The van der Waals surface area contributed by atoms with Crippen molar-refractivity contribution >= 4 is 57.3 Å². The molecule has 5 heteroatoms. The Labute approximate surface area is 97.6 Å². The summed E-state index contributed by atoms with van der Waals surface area (Å²) in [5, 5.41) is 1.06. The zero-order valence-electron chi connectivity index (χ0n) is 6.00. The van der Waals surface area contributed by atoms with Crippen LogP contribution in [0.4, 0.5) is 5.69 Å². The van der Waals surface area contributed by atoms with Gasteiger partial charge in [0.25, 0.3) is 0 Å². The Balaban J connectivity index is 3.08. The first-order valence-electron chi connectivity index (χ1n) is 3.09. The quantitative estimate of drug-likeness (QED) is 0.276. The molecule has 1 aromatic rings. The maximum Gasteiger partial charge on any atom is 0.228 e. The molecule has 2 N–H and O–H groups in total. The fourth-order valence-corrected chi connectivity index (χ4v) is 2.65. The van der Waals surface area contributed by atoms with Gasteiger partial charge < -0.3 is 0 Å². The van der Waals surface area contributed by atoms with Gasteiger partial charge in [-0.2, -0.15) is 0 Å². The number of amides is 1. The predicted molar refractivity (Wildman–Crippen MR) is 64.6 cm³/mol. The van der Waals surface area contributed by atoms with E-state index in [4.69, 9.17) is 5.84 Å². The van der Waals surface area contributed by atoms with Crippen LogP contribution in [-0.2, 0) is 4.79 Å². The van der Waals surface area contributed by atoms with Gasteiger partial charge in [0.2, 0.25) is 6.41 Å². The van der Waals surface area contributed by atoms with Crippen LogP contribution in [0.3, 0.4) is 0 Å². The van der Waals surface area contributed by atoms with Crippen LogP contribution in [0.5, 0.6) is 0 Å². The van der Waals surface area contributed by atoms with Crippen LogP contribution in [0.2, 0.25) is 0 Å². The molecule has 64 valence electrons. The van der Waals surface area contributed by atoms with Gasteiger partial charge in [-0.25, -0.2) is 5.84 Å². The second kappa shape index (κ2) is 4.38. The minimum absolute atomic E-state index is 0.585. The monoisotopic (exact) mass is 388 g/mol. The molecule has 0 aliphatic rings. The molecule has 0 spiro atoms. The molecule has 0 aliphatic heterocycles. The van der Waals surface area contributed by atoms with Gasteiger partial charge in [0.1, 0.15) is 0 Å². The normalized spacial score (nSPS) is 9.58. The number of anilines is 1. The van der Waals surface area contributed by atoms with E-state index in [9.17, 15) is 4.79 Å². The highest BCUT2D eigenvalue weighted by molar-refractivity contribution is 14.1. The highest BCUT2D eigenvalue weighted by Crippen LogP contribution is 2.19. The van der Waals surface area contributed by atoms with Crippen molar-refractivity contribution in [2.24, 2.45) is 5.84 Å². The van der Waals surface area contributed by atoms with Gasteiger partial charge in [-0.1, -0.05) is 0 Å². The molecule has 1 aromatic carbocycles. The van der Waals surface area contributed by atoms with Crippen LogP contribution in [0.1, 0.15) is 0 Å². The molecule has 0 fully saturated rings. The number of carbonyl (C=O) groups is 1. The Hall–Kier alpha value is 0.110. The highest BCUT2D eigenvalue weighted by Gasteiger charge is 2.01.